The molecule has 3 aromatic heterocycles. The maximum atomic E-state index is 5.95. The van der Waals surface area contributed by atoms with E-state index >= 15 is 0 Å². The molecule has 3 heterocycles. The van der Waals surface area contributed by atoms with E-state index in [-0.39, 0.29) is 20.1 Å². The van der Waals surface area contributed by atoms with Gasteiger partial charge in [-0.15, -0.1) is 71.8 Å². The van der Waals surface area contributed by atoms with E-state index in [1.165, 1.54) is 10.6 Å². The molecule has 3 aromatic carbocycles. The molecule has 0 saturated heterocycles. The van der Waals surface area contributed by atoms with Crippen molar-refractivity contribution in [1.82, 2.24) is 9.97 Å². The molecule has 3 nitrogen and oxygen atoms in total. The third-order valence-corrected chi connectivity index (χ3v) is 7.90. The summed E-state index contributed by atoms with van der Waals surface area (Å²) in [4.78, 5) is 8.74. The fourth-order valence-electron chi connectivity index (χ4n) is 3.92. The minimum atomic E-state index is -1.35. The van der Waals surface area contributed by atoms with Gasteiger partial charge in [0.05, 0.1) is 14.3 Å². The third-order valence-electron chi connectivity index (χ3n) is 5.86. The summed E-state index contributed by atoms with van der Waals surface area (Å²) < 4.78 is 5.95. The van der Waals surface area contributed by atoms with Gasteiger partial charge in [0.1, 0.15) is 5.58 Å². The summed E-state index contributed by atoms with van der Waals surface area (Å²) in [5, 5.41) is 3.75. The monoisotopic (exact) mass is 663 g/mol. The molecule has 0 aliphatic rings. The van der Waals surface area contributed by atoms with Crippen LogP contribution in [0, 0.1) is 12.1 Å². The predicted molar refractivity (Wildman–Crippen MR) is 147 cm³/mol. The SMILES string of the molecule is C[Si](C)(C)c1ccc2oc3cnc(-c4[c-]cccc4)cc3c2c1.[Ir].[c-]1ccccc1-c1ccccn1. The molecule has 6 aromatic rings. The second kappa shape index (κ2) is 11.1. The predicted octanol–water partition coefficient (Wildman–Crippen LogP) is 7.54. The normalized spacial score (nSPS) is 11.0. The van der Waals surface area contributed by atoms with Crippen LogP contribution in [-0.4, -0.2) is 18.0 Å². The van der Waals surface area contributed by atoms with E-state index in [0.717, 1.165) is 39.1 Å². The van der Waals surface area contributed by atoms with Crippen LogP contribution in [-0.2, 0) is 20.1 Å². The second-order valence-electron chi connectivity index (χ2n) is 9.40. The molecule has 1 radical (unpaired) electrons. The first-order valence-electron chi connectivity index (χ1n) is 11.7. The van der Waals surface area contributed by atoms with Gasteiger partial charge in [-0.05, 0) is 23.5 Å². The summed E-state index contributed by atoms with van der Waals surface area (Å²) in [6.45, 7) is 7.09. The molecule has 36 heavy (non-hydrogen) atoms. The van der Waals surface area contributed by atoms with Crippen molar-refractivity contribution in [3.05, 3.63) is 116 Å². The zero-order valence-electron chi connectivity index (χ0n) is 20.5. The van der Waals surface area contributed by atoms with Crippen molar-refractivity contribution in [3.8, 4) is 22.5 Å². The molecule has 181 valence electrons. The molecule has 0 saturated carbocycles. The fraction of sp³-hybridized carbons (Fsp3) is 0.0968. The third kappa shape index (κ3) is 5.71. The average molecular weight is 663 g/mol. The van der Waals surface area contributed by atoms with Crippen molar-refractivity contribution < 1.29 is 24.5 Å². The number of hydrogen-bond donors (Lipinski definition) is 0. The standard InChI is InChI=1S/C20H18NOSi.C11H8N.Ir/c1-23(2,3)15-9-10-19-16(11-15)17-12-18(21-13-20(17)22-19)14-7-5-4-6-8-14;1-2-6-10(7-3-1)11-8-4-5-9-12-11;/h4-7,9-13H,1-3H3;1-6,8-9H;/q2*-1;. The molecular weight excluding hydrogens is 637 g/mol. The van der Waals surface area contributed by atoms with E-state index in [4.69, 9.17) is 4.42 Å². The molecule has 0 aliphatic carbocycles. The molecule has 0 spiro atoms. The van der Waals surface area contributed by atoms with Gasteiger partial charge in [-0.3, -0.25) is 0 Å². The van der Waals surface area contributed by atoms with Gasteiger partial charge in [0, 0.05) is 37.1 Å². The Kier molecular flexibility index (Phi) is 7.95. The van der Waals surface area contributed by atoms with Crippen LogP contribution < -0.4 is 5.19 Å². The van der Waals surface area contributed by atoms with Gasteiger partial charge in [0.2, 0.25) is 0 Å². The summed E-state index contributed by atoms with van der Waals surface area (Å²) in [5.41, 5.74) is 5.71. The molecule has 0 amide bonds. The van der Waals surface area contributed by atoms with Crippen LogP contribution in [0.1, 0.15) is 0 Å². The molecule has 6 rings (SSSR count). The molecule has 0 N–H and O–H groups in total. The van der Waals surface area contributed by atoms with Crippen LogP contribution in [0.15, 0.2) is 108 Å². The first-order valence-corrected chi connectivity index (χ1v) is 15.2. The maximum Gasteiger partial charge on any atom is 0.151 e. The van der Waals surface area contributed by atoms with E-state index < -0.39 is 8.07 Å². The molecule has 0 fully saturated rings. The number of rotatable bonds is 3. The number of nitrogens with zero attached hydrogens (tertiary/aromatic N) is 2. The van der Waals surface area contributed by atoms with Crippen molar-refractivity contribution in [3.63, 3.8) is 0 Å². The summed E-state index contributed by atoms with van der Waals surface area (Å²) in [5.74, 6) is 0. The van der Waals surface area contributed by atoms with Crippen molar-refractivity contribution in [1.29, 1.82) is 0 Å². The zero-order valence-corrected chi connectivity index (χ0v) is 23.8. The Morgan fingerprint density at radius 3 is 1.94 bits per heavy atom. The Bertz CT molecular complexity index is 1520. The zero-order chi connectivity index (χ0) is 24.3. The number of furan rings is 1. The Morgan fingerprint density at radius 2 is 1.33 bits per heavy atom. The van der Waals surface area contributed by atoms with Gasteiger partial charge in [0.15, 0.2) is 5.58 Å². The summed E-state index contributed by atoms with van der Waals surface area (Å²) in [7, 11) is -1.35. The van der Waals surface area contributed by atoms with Crippen LogP contribution in [0.2, 0.25) is 19.6 Å². The molecule has 0 bridgehead atoms. The second-order valence-corrected chi connectivity index (χ2v) is 14.5. The van der Waals surface area contributed by atoms with E-state index in [9.17, 15) is 0 Å². The van der Waals surface area contributed by atoms with Crippen LogP contribution in [0.5, 0.6) is 0 Å². The topological polar surface area (TPSA) is 38.9 Å². The minimum absolute atomic E-state index is 0. The number of hydrogen-bond acceptors (Lipinski definition) is 3. The van der Waals surface area contributed by atoms with E-state index in [2.05, 4.69) is 66.0 Å². The molecule has 0 aliphatic heterocycles. The summed E-state index contributed by atoms with van der Waals surface area (Å²) in [6, 6.07) is 36.7. The Morgan fingerprint density at radius 1 is 0.667 bits per heavy atom. The van der Waals surface area contributed by atoms with E-state index in [0.29, 0.717) is 0 Å². The van der Waals surface area contributed by atoms with Gasteiger partial charge < -0.3 is 14.4 Å². The van der Waals surface area contributed by atoms with Crippen molar-refractivity contribution in [2.24, 2.45) is 0 Å². The number of aromatic nitrogens is 2. The number of pyridine rings is 2. The van der Waals surface area contributed by atoms with Gasteiger partial charge in [-0.2, -0.15) is 0 Å². The molecule has 0 unspecified atom stereocenters. The summed E-state index contributed by atoms with van der Waals surface area (Å²) in [6.07, 6.45) is 3.61. The Labute approximate surface area is 226 Å². The van der Waals surface area contributed by atoms with Crippen LogP contribution in [0.25, 0.3) is 44.5 Å². The first-order chi connectivity index (χ1) is 17.0. The smallest absolute Gasteiger partial charge is 0.151 e. The number of fused-ring (bicyclic) bond motifs is 3. The van der Waals surface area contributed by atoms with Gasteiger partial charge in [-0.25, -0.2) is 0 Å². The first kappa shape index (κ1) is 25.7. The Balaban J connectivity index is 0.000000198. The molecular formula is C31H26IrN2OSi-2. The quantitative estimate of drug-likeness (QED) is 0.145. The molecule has 0 atom stereocenters. The van der Waals surface area contributed by atoms with E-state index in [1.54, 1.807) is 6.20 Å². The largest absolute Gasteiger partial charge is 0.455 e. The number of benzene rings is 3. The average Bonchev–Trinajstić information content (AvgIpc) is 3.27. The van der Waals surface area contributed by atoms with Crippen LogP contribution in [0.3, 0.4) is 0 Å². The fourth-order valence-corrected chi connectivity index (χ4v) is 5.08. The van der Waals surface area contributed by atoms with Crippen LogP contribution >= 0.6 is 0 Å². The Hall–Kier alpha value is -3.37. The summed E-state index contributed by atoms with van der Waals surface area (Å²) >= 11 is 0. The van der Waals surface area contributed by atoms with Crippen molar-refractivity contribution in [2.45, 2.75) is 19.6 Å². The van der Waals surface area contributed by atoms with Crippen molar-refractivity contribution in [2.75, 3.05) is 0 Å². The van der Waals surface area contributed by atoms with Gasteiger partial charge >= 0.3 is 0 Å². The van der Waals surface area contributed by atoms with Gasteiger partial charge in [-0.1, -0.05) is 55.2 Å². The van der Waals surface area contributed by atoms with Crippen molar-refractivity contribution >= 4 is 35.2 Å². The van der Waals surface area contributed by atoms with Crippen LogP contribution in [0.4, 0.5) is 0 Å². The van der Waals surface area contributed by atoms with Gasteiger partial charge in [0.25, 0.3) is 0 Å². The molecule has 5 heteroatoms. The minimum Gasteiger partial charge on any atom is -0.455 e. The van der Waals surface area contributed by atoms with E-state index in [1.807, 2.05) is 72.9 Å². The maximum absolute atomic E-state index is 5.95.